The number of carbonyl (C=O) groups is 1. The van der Waals surface area contributed by atoms with E-state index in [0.29, 0.717) is 15.7 Å². The van der Waals surface area contributed by atoms with E-state index in [1.807, 2.05) is 24.3 Å². The van der Waals surface area contributed by atoms with Crippen molar-refractivity contribution in [3.8, 4) is 0 Å². The van der Waals surface area contributed by atoms with E-state index in [9.17, 15) is 14.9 Å². The summed E-state index contributed by atoms with van der Waals surface area (Å²) in [5.74, 6) is -0.399. The number of carbonyl (C=O) groups excluding carboxylic acids is 1. The van der Waals surface area contributed by atoms with E-state index < -0.39 is 10.8 Å². The Morgan fingerprint density at radius 1 is 1.13 bits per heavy atom. The predicted molar refractivity (Wildman–Crippen MR) is 119 cm³/mol. The first kappa shape index (κ1) is 20.9. The van der Waals surface area contributed by atoms with Crippen LogP contribution in [0.1, 0.15) is 29.6 Å². The fraction of sp³-hybridized carbons (Fsp3) is 0.286. The second-order valence-electron chi connectivity index (χ2n) is 7.31. The molecule has 1 aliphatic heterocycles. The molecule has 10 heteroatoms. The van der Waals surface area contributed by atoms with Crippen LogP contribution in [-0.2, 0) is 7.05 Å². The SMILES string of the molecule is Cn1cnnc1Sc1ccc(C(=O)Nc2ccc(N3CCCCC3)cc2)cc1[N+](=O)[O-]. The van der Waals surface area contributed by atoms with Crippen molar-refractivity contribution in [2.45, 2.75) is 29.3 Å². The lowest BCUT2D eigenvalue weighted by molar-refractivity contribution is -0.387. The topological polar surface area (TPSA) is 106 Å². The Morgan fingerprint density at radius 2 is 1.87 bits per heavy atom. The van der Waals surface area contributed by atoms with Crippen LogP contribution < -0.4 is 10.2 Å². The van der Waals surface area contributed by atoms with E-state index in [2.05, 4.69) is 20.4 Å². The molecule has 1 aromatic heterocycles. The van der Waals surface area contributed by atoms with Crippen molar-refractivity contribution in [1.29, 1.82) is 0 Å². The third-order valence-corrected chi connectivity index (χ3v) is 6.25. The summed E-state index contributed by atoms with van der Waals surface area (Å²) in [7, 11) is 1.76. The number of amides is 1. The molecule has 160 valence electrons. The van der Waals surface area contributed by atoms with Crippen molar-refractivity contribution in [1.82, 2.24) is 14.8 Å². The highest BCUT2D eigenvalue weighted by molar-refractivity contribution is 7.99. The number of nitro benzene ring substituents is 1. The molecule has 1 amide bonds. The molecule has 0 aliphatic carbocycles. The molecular weight excluding hydrogens is 416 g/mol. The lowest BCUT2D eigenvalue weighted by Gasteiger charge is -2.28. The highest BCUT2D eigenvalue weighted by Crippen LogP contribution is 2.34. The predicted octanol–water partition coefficient (Wildman–Crippen LogP) is 4.12. The van der Waals surface area contributed by atoms with Crippen molar-refractivity contribution in [2.75, 3.05) is 23.3 Å². The molecule has 1 fully saturated rings. The van der Waals surface area contributed by atoms with Gasteiger partial charge in [0.1, 0.15) is 6.33 Å². The van der Waals surface area contributed by atoms with Crippen molar-refractivity contribution in [2.24, 2.45) is 7.05 Å². The Kier molecular flexibility index (Phi) is 6.17. The van der Waals surface area contributed by atoms with Gasteiger partial charge in [-0.1, -0.05) is 0 Å². The van der Waals surface area contributed by atoms with Crippen molar-refractivity contribution < 1.29 is 9.72 Å². The third kappa shape index (κ3) is 4.85. The van der Waals surface area contributed by atoms with Crippen LogP contribution in [0.4, 0.5) is 17.1 Å². The molecule has 9 nitrogen and oxygen atoms in total. The standard InChI is InChI=1S/C21H22N6O3S/c1-25-14-22-24-21(25)31-19-10-5-15(13-18(19)27(29)30)20(28)23-16-6-8-17(9-7-16)26-11-3-2-4-12-26/h5-10,13-14H,2-4,11-12H2,1H3,(H,23,28). The minimum absolute atomic E-state index is 0.152. The number of aromatic nitrogens is 3. The average molecular weight is 439 g/mol. The summed E-state index contributed by atoms with van der Waals surface area (Å²) in [5.41, 5.74) is 1.85. The van der Waals surface area contributed by atoms with Gasteiger partial charge in [-0.05, 0) is 67.4 Å². The van der Waals surface area contributed by atoms with E-state index in [1.54, 1.807) is 23.7 Å². The van der Waals surface area contributed by atoms with Gasteiger partial charge in [0.25, 0.3) is 11.6 Å². The third-order valence-electron chi connectivity index (χ3n) is 5.14. The Morgan fingerprint density at radius 3 is 2.52 bits per heavy atom. The molecule has 2 aromatic carbocycles. The highest BCUT2D eigenvalue weighted by Gasteiger charge is 2.20. The smallest absolute Gasteiger partial charge is 0.284 e. The van der Waals surface area contributed by atoms with Crippen LogP contribution in [0.5, 0.6) is 0 Å². The lowest BCUT2D eigenvalue weighted by Crippen LogP contribution is -2.29. The van der Waals surface area contributed by atoms with Gasteiger partial charge >= 0.3 is 0 Å². The summed E-state index contributed by atoms with van der Waals surface area (Å²) >= 11 is 1.13. The van der Waals surface area contributed by atoms with E-state index in [1.165, 1.54) is 31.7 Å². The molecule has 0 bridgehead atoms. The molecule has 0 unspecified atom stereocenters. The molecule has 1 aliphatic rings. The number of hydrogen-bond acceptors (Lipinski definition) is 7. The molecule has 0 saturated carbocycles. The number of nitrogens with zero attached hydrogens (tertiary/aromatic N) is 5. The maximum Gasteiger partial charge on any atom is 0.284 e. The van der Waals surface area contributed by atoms with Crippen LogP contribution in [-0.4, -0.2) is 38.7 Å². The van der Waals surface area contributed by atoms with Gasteiger partial charge in [-0.3, -0.25) is 14.9 Å². The zero-order valence-electron chi connectivity index (χ0n) is 17.0. The minimum atomic E-state index is -0.497. The van der Waals surface area contributed by atoms with Crippen LogP contribution in [0.3, 0.4) is 0 Å². The molecule has 1 N–H and O–H groups in total. The molecular formula is C21H22N6O3S. The number of hydrogen-bond donors (Lipinski definition) is 1. The number of nitrogens with one attached hydrogen (secondary N) is 1. The second kappa shape index (κ2) is 9.17. The van der Waals surface area contributed by atoms with Gasteiger partial charge in [0.2, 0.25) is 0 Å². The summed E-state index contributed by atoms with van der Waals surface area (Å²) in [6, 6.07) is 12.1. The maximum atomic E-state index is 12.7. The Labute approximate surface area is 183 Å². The molecule has 31 heavy (non-hydrogen) atoms. The zero-order chi connectivity index (χ0) is 21.8. The Balaban J connectivity index is 1.48. The monoisotopic (exact) mass is 438 g/mol. The molecule has 2 heterocycles. The van der Waals surface area contributed by atoms with Crippen molar-refractivity contribution in [3.63, 3.8) is 0 Å². The van der Waals surface area contributed by atoms with Gasteiger partial charge in [0, 0.05) is 43.1 Å². The first-order chi connectivity index (χ1) is 15.0. The highest BCUT2D eigenvalue weighted by atomic mass is 32.2. The normalized spacial score (nSPS) is 13.8. The van der Waals surface area contributed by atoms with E-state index >= 15 is 0 Å². The molecule has 3 aromatic rings. The molecule has 0 radical (unpaired) electrons. The van der Waals surface area contributed by atoms with Crippen LogP contribution in [0, 0.1) is 10.1 Å². The number of nitro groups is 1. The van der Waals surface area contributed by atoms with Crippen molar-refractivity contribution >= 4 is 34.7 Å². The van der Waals surface area contributed by atoms with Crippen LogP contribution in [0.2, 0.25) is 0 Å². The number of aryl methyl sites for hydroxylation is 1. The van der Waals surface area contributed by atoms with Crippen LogP contribution in [0.15, 0.2) is 58.8 Å². The van der Waals surface area contributed by atoms with Gasteiger partial charge in [-0.15, -0.1) is 10.2 Å². The number of anilines is 2. The number of benzene rings is 2. The summed E-state index contributed by atoms with van der Waals surface area (Å²) in [6.07, 6.45) is 5.18. The molecule has 4 rings (SSSR count). The van der Waals surface area contributed by atoms with E-state index in [4.69, 9.17) is 0 Å². The first-order valence-electron chi connectivity index (χ1n) is 9.98. The van der Waals surface area contributed by atoms with Gasteiger partial charge in [0.15, 0.2) is 5.16 Å². The van der Waals surface area contributed by atoms with Gasteiger partial charge in [-0.2, -0.15) is 0 Å². The largest absolute Gasteiger partial charge is 0.372 e. The summed E-state index contributed by atoms with van der Waals surface area (Å²) in [6.45, 7) is 2.10. The fourth-order valence-corrected chi connectivity index (χ4v) is 4.31. The van der Waals surface area contributed by atoms with Gasteiger partial charge in [-0.25, -0.2) is 0 Å². The first-order valence-corrected chi connectivity index (χ1v) is 10.8. The second-order valence-corrected chi connectivity index (χ2v) is 8.32. The number of rotatable bonds is 6. The van der Waals surface area contributed by atoms with Crippen molar-refractivity contribution in [3.05, 3.63) is 64.5 Å². The van der Waals surface area contributed by atoms with Crippen LogP contribution >= 0.6 is 11.8 Å². The Bertz CT molecular complexity index is 1090. The zero-order valence-corrected chi connectivity index (χ0v) is 17.8. The maximum absolute atomic E-state index is 12.7. The molecule has 1 saturated heterocycles. The summed E-state index contributed by atoms with van der Waals surface area (Å²) in [5, 5.41) is 22.6. The average Bonchev–Trinajstić information content (AvgIpc) is 3.19. The summed E-state index contributed by atoms with van der Waals surface area (Å²) < 4.78 is 1.67. The Hall–Kier alpha value is -3.40. The van der Waals surface area contributed by atoms with E-state index in [-0.39, 0.29) is 11.3 Å². The van der Waals surface area contributed by atoms with Gasteiger partial charge < -0.3 is 14.8 Å². The molecule has 0 spiro atoms. The van der Waals surface area contributed by atoms with E-state index in [0.717, 1.165) is 30.5 Å². The van der Waals surface area contributed by atoms with Crippen LogP contribution in [0.25, 0.3) is 0 Å². The fourth-order valence-electron chi connectivity index (χ4n) is 3.46. The molecule has 0 atom stereocenters. The van der Waals surface area contributed by atoms with Gasteiger partial charge in [0.05, 0.1) is 9.82 Å². The quantitative estimate of drug-likeness (QED) is 0.456. The lowest BCUT2D eigenvalue weighted by atomic mass is 10.1. The number of piperidine rings is 1. The summed E-state index contributed by atoms with van der Waals surface area (Å²) in [4.78, 5) is 26.5. The minimum Gasteiger partial charge on any atom is -0.372 e.